The van der Waals surface area contributed by atoms with E-state index >= 15 is 0 Å². The Morgan fingerprint density at radius 1 is 1.30 bits per heavy atom. The Bertz CT molecular complexity index is 518. The number of hydrogen-bond donors (Lipinski definition) is 2. The highest BCUT2D eigenvalue weighted by Gasteiger charge is 2.57. The van der Waals surface area contributed by atoms with E-state index < -0.39 is 20.5 Å². The van der Waals surface area contributed by atoms with E-state index in [1.54, 1.807) is 13.8 Å². The van der Waals surface area contributed by atoms with Gasteiger partial charge < -0.3 is 5.11 Å². The minimum Gasteiger partial charge on any atom is -0.390 e. The molecule has 0 unspecified atom stereocenters. The summed E-state index contributed by atoms with van der Waals surface area (Å²) < 4.78 is 32.2. The van der Waals surface area contributed by atoms with Crippen molar-refractivity contribution in [3.05, 3.63) is 11.6 Å². The third-order valence-corrected chi connectivity index (χ3v) is 7.19. The van der Waals surface area contributed by atoms with Crippen molar-refractivity contribution in [3.8, 4) is 0 Å². The minimum absolute atomic E-state index is 0.106. The average molecular weight is 302 g/mol. The van der Waals surface area contributed by atoms with E-state index in [0.29, 0.717) is 25.2 Å². The number of aliphatic hydroxyl groups is 1. The number of hydrogen-bond acceptors (Lipinski definition) is 3. The molecule has 0 spiro atoms. The van der Waals surface area contributed by atoms with E-state index in [9.17, 15) is 18.1 Å². The Kier molecular flexibility index (Phi) is 3.85. The van der Waals surface area contributed by atoms with Crippen molar-refractivity contribution in [1.29, 1.82) is 0 Å². The van der Waals surface area contributed by atoms with E-state index in [4.69, 9.17) is 0 Å². The summed E-state index contributed by atoms with van der Waals surface area (Å²) in [5, 5.41) is 10.7. The van der Waals surface area contributed by atoms with Gasteiger partial charge in [-0.1, -0.05) is 25.5 Å². The second-order valence-electron chi connectivity index (χ2n) is 7.21. The fourth-order valence-corrected chi connectivity index (χ4v) is 4.84. The van der Waals surface area contributed by atoms with Crippen LogP contribution in [0.2, 0.25) is 0 Å². The Labute approximate surface area is 122 Å². The zero-order chi connectivity index (χ0) is 15.3. The normalized spacial score (nSPS) is 42.2. The Morgan fingerprint density at radius 2 is 1.90 bits per heavy atom. The molecule has 1 saturated carbocycles. The maximum absolute atomic E-state index is 11.9. The highest BCUT2D eigenvalue weighted by molar-refractivity contribution is 7.87. The summed E-state index contributed by atoms with van der Waals surface area (Å²) in [6.07, 6.45) is 4.51. The zero-order valence-corrected chi connectivity index (χ0v) is 13.6. The lowest BCUT2D eigenvalue weighted by atomic mass is 9.78. The van der Waals surface area contributed by atoms with Gasteiger partial charge in [-0.15, -0.1) is 0 Å². The highest BCUT2D eigenvalue weighted by atomic mass is 32.2. The zero-order valence-electron chi connectivity index (χ0n) is 12.8. The summed E-state index contributed by atoms with van der Waals surface area (Å²) in [6, 6.07) is 0. The predicted octanol–water partition coefficient (Wildman–Crippen LogP) is 2.79. The lowest BCUT2D eigenvalue weighted by Crippen LogP contribution is -2.44. The Morgan fingerprint density at radius 3 is 2.40 bits per heavy atom. The van der Waals surface area contributed by atoms with Crippen LogP contribution in [0.3, 0.4) is 0 Å². The molecular weight excluding hydrogens is 276 g/mol. The second kappa shape index (κ2) is 4.82. The van der Waals surface area contributed by atoms with Crippen molar-refractivity contribution < 1.29 is 18.1 Å². The molecule has 0 aliphatic heterocycles. The summed E-state index contributed by atoms with van der Waals surface area (Å²) >= 11 is 0. The maximum Gasteiger partial charge on any atom is 0.270 e. The lowest BCUT2D eigenvalue weighted by molar-refractivity contribution is -0.0161. The molecule has 1 fully saturated rings. The van der Waals surface area contributed by atoms with Crippen LogP contribution in [-0.2, 0) is 10.1 Å². The third-order valence-electron chi connectivity index (χ3n) is 5.53. The van der Waals surface area contributed by atoms with Crippen LogP contribution in [0.5, 0.6) is 0 Å². The van der Waals surface area contributed by atoms with Gasteiger partial charge in [-0.3, -0.25) is 4.55 Å². The first-order chi connectivity index (χ1) is 8.99. The van der Waals surface area contributed by atoms with Crippen molar-refractivity contribution in [2.24, 2.45) is 17.8 Å². The molecule has 0 heterocycles. The smallest absolute Gasteiger partial charge is 0.270 e. The first-order valence-corrected chi connectivity index (χ1v) is 8.83. The first kappa shape index (κ1) is 16.0. The molecule has 5 heteroatoms. The molecule has 4 nitrogen and oxygen atoms in total. The van der Waals surface area contributed by atoms with Crippen molar-refractivity contribution in [2.75, 3.05) is 0 Å². The van der Waals surface area contributed by atoms with Gasteiger partial charge in [-0.25, -0.2) is 0 Å². The molecule has 2 rings (SSSR count). The molecule has 0 radical (unpaired) electrons. The van der Waals surface area contributed by atoms with E-state index in [1.165, 1.54) is 5.57 Å². The molecule has 0 bridgehead atoms. The summed E-state index contributed by atoms with van der Waals surface area (Å²) in [5.41, 5.74) is 0.315. The molecule has 20 heavy (non-hydrogen) atoms. The number of rotatable bonds is 2. The highest BCUT2D eigenvalue weighted by Crippen LogP contribution is 2.53. The summed E-state index contributed by atoms with van der Waals surface area (Å²) in [7, 11) is -4.14. The van der Waals surface area contributed by atoms with Gasteiger partial charge in [0.1, 0.15) is 4.75 Å². The van der Waals surface area contributed by atoms with Crippen molar-refractivity contribution in [1.82, 2.24) is 0 Å². The molecule has 0 aromatic heterocycles. The third kappa shape index (κ3) is 2.44. The number of allylic oxidation sites excluding steroid dienone is 2. The van der Waals surface area contributed by atoms with Gasteiger partial charge in [0.05, 0.1) is 5.60 Å². The lowest BCUT2D eigenvalue weighted by Gasteiger charge is -2.35. The van der Waals surface area contributed by atoms with Gasteiger partial charge in [0.15, 0.2) is 0 Å². The van der Waals surface area contributed by atoms with E-state index in [2.05, 4.69) is 13.8 Å². The van der Waals surface area contributed by atoms with Crippen molar-refractivity contribution in [3.63, 3.8) is 0 Å². The van der Waals surface area contributed by atoms with Crippen LogP contribution in [0.4, 0.5) is 0 Å². The van der Waals surface area contributed by atoms with Crippen LogP contribution in [-0.4, -0.2) is 28.4 Å². The van der Waals surface area contributed by atoms with Crippen LogP contribution in [0.25, 0.3) is 0 Å². The standard InChI is InChI=1S/C15H26O4S/c1-10(2)11-5-7-14(3,16)12-6-8-15(4,13(12)9-11)20(17,18)19/h9-10,12-13,16H,5-8H2,1-4H3,(H,17,18,19)/t12-,13-,14+,15-/m0/s1. The summed E-state index contributed by atoms with van der Waals surface area (Å²) in [4.78, 5) is 0. The van der Waals surface area contributed by atoms with Gasteiger partial charge in [0.25, 0.3) is 10.1 Å². The number of fused-ring (bicyclic) bond motifs is 1. The molecule has 116 valence electrons. The van der Waals surface area contributed by atoms with Crippen LogP contribution in [0.1, 0.15) is 53.4 Å². The molecule has 0 aromatic rings. The van der Waals surface area contributed by atoms with Gasteiger partial charge >= 0.3 is 0 Å². The monoisotopic (exact) mass is 302 g/mol. The molecule has 0 amide bonds. The maximum atomic E-state index is 11.9. The first-order valence-electron chi connectivity index (χ1n) is 7.39. The van der Waals surface area contributed by atoms with E-state index in [-0.39, 0.29) is 11.8 Å². The minimum atomic E-state index is -4.14. The van der Waals surface area contributed by atoms with Crippen LogP contribution in [0, 0.1) is 17.8 Å². The molecule has 2 aliphatic rings. The summed E-state index contributed by atoms with van der Waals surface area (Å²) in [6.45, 7) is 7.58. The van der Waals surface area contributed by atoms with E-state index in [0.717, 1.165) is 6.42 Å². The fourth-order valence-electron chi connectivity index (χ4n) is 3.88. The van der Waals surface area contributed by atoms with Gasteiger partial charge in [0.2, 0.25) is 0 Å². The quantitative estimate of drug-likeness (QED) is 0.607. The molecular formula is C15H26O4S. The largest absolute Gasteiger partial charge is 0.390 e. The van der Waals surface area contributed by atoms with E-state index in [1.807, 2.05) is 6.08 Å². The molecule has 4 atom stereocenters. The topological polar surface area (TPSA) is 74.6 Å². The van der Waals surface area contributed by atoms with Crippen LogP contribution < -0.4 is 0 Å². The van der Waals surface area contributed by atoms with Crippen LogP contribution >= 0.6 is 0 Å². The molecule has 2 aliphatic carbocycles. The second-order valence-corrected chi connectivity index (χ2v) is 9.09. The van der Waals surface area contributed by atoms with Gasteiger partial charge in [-0.05, 0) is 51.4 Å². The SMILES string of the molecule is CC(C)C1=C[C@H]2[C@H](CC[C@]2(C)S(=O)(=O)O)[C@](C)(O)CC1. The Balaban J connectivity index is 2.53. The average Bonchev–Trinajstić information content (AvgIpc) is 2.55. The molecule has 0 aromatic carbocycles. The van der Waals surface area contributed by atoms with Gasteiger partial charge in [0, 0.05) is 5.92 Å². The predicted molar refractivity (Wildman–Crippen MR) is 78.9 cm³/mol. The van der Waals surface area contributed by atoms with Crippen LogP contribution in [0.15, 0.2) is 11.6 Å². The van der Waals surface area contributed by atoms with Gasteiger partial charge in [-0.2, -0.15) is 8.42 Å². The van der Waals surface area contributed by atoms with Crippen molar-refractivity contribution >= 4 is 10.1 Å². The molecule has 2 N–H and O–H groups in total. The Hall–Kier alpha value is -0.390. The summed E-state index contributed by atoms with van der Waals surface area (Å²) in [5.74, 6) is -0.0890. The molecule has 0 saturated heterocycles. The fraction of sp³-hybridized carbons (Fsp3) is 0.867. The van der Waals surface area contributed by atoms with Crippen molar-refractivity contribution in [2.45, 2.75) is 63.7 Å².